The Bertz CT molecular complexity index is 1120. The van der Waals surface area contributed by atoms with Crippen LogP contribution in [0.4, 0.5) is 5.69 Å². The lowest BCUT2D eigenvalue weighted by molar-refractivity contribution is -0.115. The van der Waals surface area contributed by atoms with Crippen LogP contribution in [0.5, 0.6) is 5.75 Å². The second-order valence-electron chi connectivity index (χ2n) is 6.90. The van der Waals surface area contributed by atoms with Gasteiger partial charge in [-0.1, -0.05) is 12.1 Å². The lowest BCUT2D eigenvalue weighted by Gasteiger charge is -2.11. The smallest absolute Gasteiger partial charge is 0.340 e. The molecule has 3 N–H and O–H groups in total. The number of aryl methyl sites for hydroxylation is 1. The fourth-order valence-electron chi connectivity index (χ4n) is 3.69. The summed E-state index contributed by atoms with van der Waals surface area (Å²) in [5.74, 6) is -0.311. The molecule has 2 aromatic carbocycles. The summed E-state index contributed by atoms with van der Waals surface area (Å²) in [7, 11) is 0. The monoisotopic (exact) mass is 365 g/mol. The molecular weight excluding hydrogens is 346 g/mol. The number of carbonyl (C=O) groups excluding carboxylic acids is 1. The summed E-state index contributed by atoms with van der Waals surface area (Å²) >= 11 is 0. The number of hydrogen-bond acceptors (Lipinski definition) is 5. The van der Waals surface area contributed by atoms with E-state index in [1.165, 1.54) is 12.1 Å². The van der Waals surface area contributed by atoms with Gasteiger partial charge in [-0.15, -0.1) is 0 Å². The molecule has 3 aromatic rings. The van der Waals surface area contributed by atoms with Crippen molar-refractivity contribution in [2.75, 3.05) is 5.32 Å². The summed E-state index contributed by atoms with van der Waals surface area (Å²) in [6, 6.07) is 10.1. The summed E-state index contributed by atoms with van der Waals surface area (Å²) in [6.07, 6.45) is 0.548. The van der Waals surface area contributed by atoms with Crippen LogP contribution < -0.4 is 10.9 Å². The summed E-state index contributed by atoms with van der Waals surface area (Å²) < 4.78 is 5.27. The molecule has 1 heterocycles. The molecule has 1 unspecified atom stereocenters. The third-order valence-electron chi connectivity index (χ3n) is 5.05. The number of benzene rings is 2. The average Bonchev–Trinajstić information content (AvgIpc) is 2.99. The van der Waals surface area contributed by atoms with Gasteiger partial charge in [0.25, 0.3) is 0 Å². The molecule has 1 aromatic heterocycles. The molecule has 0 radical (unpaired) electrons. The molecule has 1 aliphatic carbocycles. The van der Waals surface area contributed by atoms with E-state index in [4.69, 9.17) is 4.42 Å². The molecule has 0 saturated carbocycles. The first-order valence-corrected chi connectivity index (χ1v) is 8.76. The van der Waals surface area contributed by atoms with E-state index in [9.17, 15) is 19.8 Å². The van der Waals surface area contributed by atoms with E-state index in [1.54, 1.807) is 19.1 Å². The van der Waals surface area contributed by atoms with Gasteiger partial charge in [0, 0.05) is 23.6 Å². The zero-order chi connectivity index (χ0) is 19.1. The lowest BCUT2D eigenvalue weighted by Crippen LogP contribution is -2.21. The van der Waals surface area contributed by atoms with Crippen LogP contribution >= 0.6 is 0 Å². The van der Waals surface area contributed by atoms with Gasteiger partial charge in [-0.25, -0.2) is 4.79 Å². The summed E-state index contributed by atoms with van der Waals surface area (Å²) in [5.41, 5.74) is 3.29. The van der Waals surface area contributed by atoms with Crippen molar-refractivity contribution in [2.24, 2.45) is 0 Å². The Balaban J connectivity index is 1.62. The normalized spacial score (nSPS) is 15.7. The SMILES string of the molecule is Cc1c(CC(=O)Nc2cccc3c2CC(O)C3)c(=O)oc2cc(O)ccc12. The largest absolute Gasteiger partial charge is 0.508 e. The second-order valence-corrected chi connectivity index (χ2v) is 6.90. The molecule has 1 atom stereocenters. The van der Waals surface area contributed by atoms with Crippen LogP contribution in [0.1, 0.15) is 22.3 Å². The number of anilines is 1. The number of carbonyl (C=O) groups is 1. The number of aliphatic hydroxyl groups excluding tert-OH is 1. The number of aromatic hydroxyl groups is 1. The number of phenolic OH excluding ortho intramolecular Hbond substituents is 1. The van der Waals surface area contributed by atoms with Crippen molar-refractivity contribution in [3.63, 3.8) is 0 Å². The van der Waals surface area contributed by atoms with Crippen molar-refractivity contribution in [3.05, 3.63) is 69.1 Å². The number of hydrogen-bond donors (Lipinski definition) is 3. The molecule has 138 valence electrons. The fraction of sp³-hybridized carbons (Fsp3) is 0.238. The number of rotatable bonds is 3. The minimum absolute atomic E-state index is 0.00987. The first kappa shape index (κ1) is 17.3. The number of nitrogens with one attached hydrogen (secondary N) is 1. The molecule has 4 rings (SSSR count). The molecule has 0 bridgehead atoms. The zero-order valence-corrected chi connectivity index (χ0v) is 14.8. The average molecular weight is 365 g/mol. The van der Waals surface area contributed by atoms with Gasteiger partial charge in [-0.2, -0.15) is 0 Å². The van der Waals surface area contributed by atoms with Crippen LogP contribution in [0.3, 0.4) is 0 Å². The zero-order valence-electron chi connectivity index (χ0n) is 14.8. The summed E-state index contributed by atoms with van der Waals surface area (Å²) in [4.78, 5) is 24.9. The van der Waals surface area contributed by atoms with E-state index < -0.39 is 11.7 Å². The van der Waals surface area contributed by atoms with Crippen LogP contribution in [0, 0.1) is 6.92 Å². The quantitative estimate of drug-likeness (QED) is 0.619. The van der Waals surface area contributed by atoms with Crippen molar-refractivity contribution in [1.82, 2.24) is 0 Å². The maximum Gasteiger partial charge on any atom is 0.340 e. The van der Waals surface area contributed by atoms with E-state index in [0.717, 1.165) is 11.1 Å². The van der Waals surface area contributed by atoms with Gasteiger partial charge >= 0.3 is 5.63 Å². The highest BCUT2D eigenvalue weighted by Gasteiger charge is 2.23. The van der Waals surface area contributed by atoms with Crippen LogP contribution in [0.2, 0.25) is 0 Å². The Morgan fingerprint density at radius 3 is 2.89 bits per heavy atom. The Hall–Kier alpha value is -3.12. The molecule has 1 amide bonds. The molecule has 6 heteroatoms. The second kappa shape index (κ2) is 6.55. The van der Waals surface area contributed by atoms with Gasteiger partial charge < -0.3 is 19.9 Å². The number of phenols is 1. The highest BCUT2D eigenvalue weighted by Crippen LogP contribution is 2.29. The van der Waals surface area contributed by atoms with Crippen molar-refractivity contribution >= 4 is 22.6 Å². The van der Waals surface area contributed by atoms with Crippen LogP contribution in [-0.2, 0) is 24.1 Å². The number of fused-ring (bicyclic) bond motifs is 2. The van der Waals surface area contributed by atoms with E-state index in [-0.39, 0.29) is 23.7 Å². The molecule has 1 aliphatic rings. The van der Waals surface area contributed by atoms with Gasteiger partial charge in [0.15, 0.2) is 0 Å². The third-order valence-corrected chi connectivity index (χ3v) is 5.05. The van der Waals surface area contributed by atoms with Gasteiger partial charge in [0.05, 0.1) is 18.1 Å². The highest BCUT2D eigenvalue weighted by atomic mass is 16.4. The van der Waals surface area contributed by atoms with Crippen LogP contribution in [0.25, 0.3) is 11.0 Å². The standard InChI is InChI=1S/C21H19NO5/c1-11-15-6-5-13(23)9-19(15)27-21(26)16(11)10-20(25)22-18-4-2-3-12-7-14(24)8-17(12)18/h2-6,9,14,23-24H,7-8,10H2,1H3,(H,22,25). The topological polar surface area (TPSA) is 99.8 Å². The van der Waals surface area contributed by atoms with Crippen molar-refractivity contribution in [2.45, 2.75) is 32.3 Å². The number of amides is 1. The van der Waals surface area contributed by atoms with Gasteiger partial charge in [-0.3, -0.25) is 4.79 Å². The van der Waals surface area contributed by atoms with Crippen molar-refractivity contribution in [1.29, 1.82) is 0 Å². The number of aliphatic hydroxyl groups is 1. The molecule has 0 saturated heterocycles. The van der Waals surface area contributed by atoms with Crippen molar-refractivity contribution < 1.29 is 19.4 Å². The van der Waals surface area contributed by atoms with E-state index in [2.05, 4.69) is 5.32 Å². The Labute approximate surface area is 155 Å². The van der Waals surface area contributed by atoms with Gasteiger partial charge in [0.1, 0.15) is 11.3 Å². The van der Waals surface area contributed by atoms with E-state index in [1.807, 2.05) is 12.1 Å². The van der Waals surface area contributed by atoms with E-state index >= 15 is 0 Å². The molecule has 0 spiro atoms. The lowest BCUT2D eigenvalue weighted by atomic mass is 10.0. The van der Waals surface area contributed by atoms with Crippen LogP contribution in [-0.4, -0.2) is 22.2 Å². The summed E-state index contributed by atoms with van der Waals surface area (Å²) in [5, 5.41) is 22.9. The van der Waals surface area contributed by atoms with Crippen LogP contribution in [0.15, 0.2) is 45.6 Å². The Kier molecular flexibility index (Phi) is 4.20. The van der Waals surface area contributed by atoms with Crippen molar-refractivity contribution in [3.8, 4) is 5.75 Å². The molecular formula is C21H19NO5. The minimum Gasteiger partial charge on any atom is -0.508 e. The van der Waals surface area contributed by atoms with E-state index in [0.29, 0.717) is 35.0 Å². The van der Waals surface area contributed by atoms with Gasteiger partial charge in [-0.05, 0) is 48.2 Å². The van der Waals surface area contributed by atoms with Gasteiger partial charge in [0.2, 0.25) is 5.91 Å². The molecule has 27 heavy (non-hydrogen) atoms. The Morgan fingerprint density at radius 1 is 1.26 bits per heavy atom. The molecule has 0 fully saturated rings. The fourth-order valence-corrected chi connectivity index (χ4v) is 3.69. The minimum atomic E-state index is -0.588. The molecule has 6 nitrogen and oxygen atoms in total. The maximum atomic E-state index is 12.6. The predicted molar refractivity (Wildman–Crippen MR) is 101 cm³/mol. The first-order chi connectivity index (χ1) is 12.9. The first-order valence-electron chi connectivity index (χ1n) is 8.76. The molecule has 0 aliphatic heterocycles. The summed E-state index contributed by atoms with van der Waals surface area (Å²) in [6.45, 7) is 1.76. The predicted octanol–water partition coefficient (Wildman–Crippen LogP) is 2.45. The highest BCUT2D eigenvalue weighted by molar-refractivity contribution is 5.94. The Morgan fingerprint density at radius 2 is 2.07 bits per heavy atom. The maximum absolute atomic E-state index is 12.6. The third kappa shape index (κ3) is 3.19.